The highest BCUT2D eigenvalue weighted by molar-refractivity contribution is 5.62. The SMILES string of the molecule is CC(C)c1nc(NN)cc(-c2ccccc2)n1. The predicted molar refractivity (Wildman–Crippen MR) is 69.4 cm³/mol. The summed E-state index contributed by atoms with van der Waals surface area (Å²) in [7, 11) is 0. The first-order valence-corrected chi connectivity index (χ1v) is 5.61. The summed E-state index contributed by atoms with van der Waals surface area (Å²) < 4.78 is 0. The fourth-order valence-corrected chi connectivity index (χ4v) is 1.55. The van der Waals surface area contributed by atoms with E-state index in [1.807, 2.05) is 36.4 Å². The molecule has 17 heavy (non-hydrogen) atoms. The van der Waals surface area contributed by atoms with Crippen molar-refractivity contribution in [2.24, 2.45) is 5.84 Å². The molecule has 0 spiro atoms. The second-order valence-corrected chi connectivity index (χ2v) is 4.16. The zero-order chi connectivity index (χ0) is 12.3. The van der Waals surface area contributed by atoms with Gasteiger partial charge in [0.05, 0.1) is 5.69 Å². The number of nitrogens with one attached hydrogen (secondary N) is 1. The molecule has 0 aliphatic heterocycles. The number of anilines is 1. The Morgan fingerprint density at radius 1 is 1.12 bits per heavy atom. The Bertz CT molecular complexity index is 494. The van der Waals surface area contributed by atoms with E-state index >= 15 is 0 Å². The second-order valence-electron chi connectivity index (χ2n) is 4.16. The number of nitrogens with two attached hydrogens (primary N) is 1. The number of rotatable bonds is 3. The van der Waals surface area contributed by atoms with Gasteiger partial charge in [-0.15, -0.1) is 0 Å². The number of benzene rings is 1. The van der Waals surface area contributed by atoms with Crippen molar-refractivity contribution in [1.82, 2.24) is 9.97 Å². The van der Waals surface area contributed by atoms with E-state index in [9.17, 15) is 0 Å². The van der Waals surface area contributed by atoms with Crippen molar-refractivity contribution in [3.63, 3.8) is 0 Å². The third kappa shape index (κ3) is 2.60. The normalized spacial score (nSPS) is 10.6. The highest BCUT2D eigenvalue weighted by atomic mass is 15.3. The van der Waals surface area contributed by atoms with Crippen molar-refractivity contribution in [2.75, 3.05) is 5.43 Å². The Labute approximate surface area is 101 Å². The molecular formula is C13H16N4. The summed E-state index contributed by atoms with van der Waals surface area (Å²) in [6.45, 7) is 4.12. The quantitative estimate of drug-likeness (QED) is 0.626. The Hall–Kier alpha value is -1.94. The summed E-state index contributed by atoms with van der Waals surface area (Å²) in [6.07, 6.45) is 0. The molecule has 0 aliphatic carbocycles. The van der Waals surface area contributed by atoms with E-state index in [1.54, 1.807) is 0 Å². The van der Waals surface area contributed by atoms with Gasteiger partial charge in [-0.05, 0) is 0 Å². The molecule has 0 amide bonds. The summed E-state index contributed by atoms with van der Waals surface area (Å²) >= 11 is 0. The average molecular weight is 228 g/mol. The summed E-state index contributed by atoms with van der Waals surface area (Å²) in [5, 5.41) is 0. The van der Waals surface area contributed by atoms with Crippen LogP contribution in [0.25, 0.3) is 11.3 Å². The molecule has 1 aromatic carbocycles. The van der Waals surface area contributed by atoms with E-state index in [1.165, 1.54) is 0 Å². The van der Waals surface area contributed by atoms with Gasteiger partial charge in [-0.2, -0.15) is 0 Å². The lowest BCUT2D eigenvalue weighted by Crippen LogP contribution is -2.11. The van der Waals surface area contributed by atoms with Crippen LogP contribution >= 0.6 is 0 Å². The molecule has 88 valence electrons. The molecule has 0 fully saturated rings. The minimum Gasteiger partial charge on any atom is -0.308 e. The first-order valence-electron chi connectivity index (χ1n) is 5.61. The fourth-order valence-electron chi connectivity index (χ4n) is 1.55. The number of aromatic nitrogens is 2. The van der Waals surface area contributed by atoms with Crippen molar-refractivity contribution in [1.29, 1.82) is 0 Å². The van der Waals surface area contributed by atoms with Crippen molar-refractivity contribution in [3.05, 3.63) is 42.2 Å². The molecule has 2 aromatic rings. The van der Waals surface area contributed by atoms with Crippen LogP contribution in [-0.2, 0) is 0 Å². The Kier molecular flexibility index (Phi) is 3.35. The molecule has 4 heteroatoms. The van der Waals surface area contributed by atoms with E-state index in [0.29, 0.717) is 5.82 Å². The number of hydrazine groups is 1. The Morgan fingerprint density at radius 2 is 1.82 bits per heavy atom. The number of nitrogens with zero attached hydrogens (tertiary/aromatic N) is 2. The molecule has 1 heterocycles. The van der Waals surface area contributed by atoms with Crippen LogP contribution in [0.2, 0.25) is 0 Å². The average Bonchev–Trinajstić information content (AvgIpc) is 2.39. The van der Waals surface area contributed by atoms with Gasteiger partial charge in [0.2, 0.25) is 0 Å². The molecule has 0 aliphatic rings. The van der Waals surface area contributed by atoms with Gasteiger partial charge in [-0.1, -0.05) is 44.2 Å². The van der Waals surface area contributed by atoms with Gasteiger partial charge < -0.3 is 5.43 Å². The number of nitrogen functional groups attached to an aromatic ring is 1. The first kappa shape index (κ1) is 11.5. The molecule has 1 aromatic heterocycles. The summed E-state index contributed by atoms with van der Waals surface area (Å²) in [5.41, 5.74) is 4.53. The number of hydrogen-bond donors (Lipinski definition) is 2. The molecule has 2 rings (SSSR count). The van der Waals surface area contributed by atoms with Crippen molar-refractivity contribution in [3.8, 4) is 11.3 Å². The van der Waals surface area contributed by atoms with Gasteiger partial charge in [0.25, 0.3) is 0 Å². The maximum absolute atomic E-state index is 5.43. The molecule has 3 N–H and O–H groups in total. The molecule has 0 saturated carbocycles. The third-order valence-electron chi connectivity index (χ3n) is 2.48. The predicted octanol–water partition coefficient (Wildman–Crippen LogP) is 2.55. The summed E-state index contributed by atoms with van der Waals surface area (Å²) in [5.74, 6) is 7.13. The molecule has 0 atom stereocenters. The smallest absolute Gasteiger partial charge is 0.144 e. The monoisotopic (exact) mass is 228 g/mol. The lowest BCUT2D eigenvalue weighted by Gasteiger charge is -2.09. The van der Waals surface area contributed by atoms with E-state index in [4.69, 9.17) is 5.84 Å². The minimum atomic E-state index is 0.269. The third-order valence-corrected chi connectivity index (χ3v) is 2.48. The fraction of sp³-hybridized carbons (Fsp3) is 0.231. The van der Waals surface area contributed by atoms with E-state index in [2.05, 4.69) is 29.2 Å². The van der Waals surface area contributed by atoms with Crippen LogP contribution in [-0.4, -0.2) is 9.97 Å². The zero-order valence-electron chi connectivity index (χ0n) is 10.0. The van der Waals surface area contributed by atoms with Crippen LogP contribution in [0.15, 0.2) is 36.4 Å². The van der Waals surface area contributed by atoms with Gasteiger partial charge in [0.15, 0.2) is 0 Å². The minimum absolute atomic E-state index is 0.269. The molecule has 0 bridgehead atoms. The van der Waals surface area contributed by atoms with Gasteiger partial charge >= 0.3 is 0 Å². The first-order chi connectivity index (χ1) is 8.20. The molecule has 4 nitrogen and oxygen atoms in total. The zero-order valence-corrected chi connectivity index (χ0v) is 10.0. The second kappa shape index (κ2) is 4.93. The Morgan fingerprint density at radius 3 is 2.41 bits per heavy atom. The van der Waals surface area contributed by atoms with Crippen LogP contribution in [0.5, 0.6) is 0 Å². The van der Waals surface area contributed by atoms with Gasteiger partial charge in [0, 0.05) is 17.5 Å². The van der Waals surface area contributed by atoms with E-state index in [0.717, 1.165) is 17.1 Å². The summed E-state index contributed by atoms with van der Waals surface area (Å²) in [4.78, 5) is 8.87. The van der Waals surface area contributed by atoms with Gasteiger partial charge in [0.1, 0.15) is 11.6 Å². The van der Waals surface area contributed by atoms with E-state index < -0.39 is 0 Å². The highest BCUT2D eigenvalue weighted by Gasteiger charge is 2.08. The molecule has 0 unspecified atom stereocenters. The van der Waals surface area contributed by atoms with Crippen molar-refractivity contribution < 1.29 is 0 Å². The van der Waals surface area contributed by atoms with Gasteiger partial charge in [-0.3, -0.25) is 0 Å². The largest absolute Gasteiger partial charge is 0.308 e. The standard InChI is InChI=1S/C13H16N4/c1-9(2)13-15-11(8-12(16-13)17-14)10-6-4-3-5-7-10/h3-9H,14H2,1-2H3,(H,15,16,17). The highest BCUT2D eigenvalue weighted by Crippen LogP contribution is 2.21. The summed E-state index contributed by atoms with van der Waals surface area (Å²) in [6, 6.07) is 11.8. The van der Waals surface area contributed by atoms with Crippen molar-refractivity contribution in [2.45, 2.75) is 19.8 Å². The maximum Gasteiger partial charge on any atom is 0.144 e. The maximum atomic E-state index is 5.43. The van der Waals surface area contributed by atoms with Crippen LogP contribution in [0.3, 0.4) is 0 Å². The van der Waals surface area contributed by atoms with Crippen molar-refractivity contribution >= 4 is 5.82 Å². The molecule has 0 radical (unpaired) electrons. The number of hydrogen-bond acceptors (Lipinski definition) is 4. The van der Waals surface area contributed by atoms with E-state index in [-0.39, 0.29) is 5.92 Å². The molecular weight excluding hydrogens is 212 g/mol. The topological polar surface area (TPSA) is 63.8 Å². The van der Waals surface area contributed by atoms with Gasteiger partial charge in [-0.25, -0.2) is 15.8 Å². The lowest BCUT2D eigenvalue weighted by molar-refractivity contribution is 0.777. The lowest BCUT2D eigenvalue weighted by atomic mass is 10.1. The van der Waals surface area contributed by atoms with Crippen LogP contribution in [0.1, 0.15) is 25.6 Å². The van der Waals surface area contributed by atoms with Crippen LogP contribution < -0.4 is 11.3 Å². The van der Waals surface area contributed by atoms with Crippen LogP contribution in [0.4, 0.5) is 5.82 Å². The van der Waals surface area contributed by atoms with Crippen LogP contribution in [0, 0.1) is 0 Å². The Balaban J connectivity index is 2.50. The molecule has 0 saturated heterocycles.